The van der Waals surface area contributed by atoms with Crippen LogP contribution in [-0.4, -0.2) is 32.9 Å². The highest BCUT2D eigenvalue weighted by Crippen LogP contribution is 2.27. The van der Waals surface area contributed by atoms with E-state index in [1.54, 1.807) is 6.20 Å². The molecule has 6 nitrogen and oxygen atoms in total. The third kappa shape index (κ3) is 2.42. The summed E-state index contributed by atoms with van der Waals surface area (Å²) < 4.78 is 7.42. The van der Waals surface area contributed by atoms with Crippen LogP contribution in [0.15, 0.2) is 16.9 Å². The van der Waals surface area contributed by atoms with Crippen LogP contribution in [0.2, 0.25) is 0 Å². The summed E-state index contributed by atoms with van der Waals surface area (Å²) in [6.45, 7) is 2.85. The molecule has 1 aliphatic carbocycles. The number of aromatic nitrogens is 3. The molecule has 0 bridgehead atoms. The molecule has 0 radical (unpaired) electrons. The molecule has 2 aromatic rings. The highest BCUT2D eigenvalue weighted by molar-refractivity contribution is 5.25. The van der Waals surface area contributed by atoms with Gasteiger partial charge in [-0.25, -0.2) is 0 Å². The molecule has 0 saturated carbocycles. The van der Waals surface area contributed by atoms with E-state index in [1.807, 2.05) is 10.9 Å². The molecule has 22 heavy (non-hydrogen) atoms. The molecular weight excluding hydrogens is 278 g/mol. The number of fused-ring (bicyclic) bond motifs is 1. The van der Waals surface area contributed by atoms with E-state index in [0.29, 0.717) is 11.6 Å². The predicted molar refractivity (Wildman–Crippen MR) is 79.0 cm³/mol. The summed E-state index contributed by atoms with van der Waals surface area (Å²) in [7, 11) is 0. The van der Waals surface area contributed by atoms with Crippen LogP contribution < -0.4 is 0 Å². The van der Waals surface area contributed by atoms with Gasteiger partial charge in [-0.1, -0.05) is 5.16 Å². The number of likely N-dealkylation sites (tertiary alicyclic amines) is 1. The van der Waals surface area contributed by atoms with Crippen LogP contribution in [0.5, 0.6) is 0 Å². The van der Waals surface area contributed by atoms with Crippen LogP contribution >= 0.6 is 0 Å². The number of aryl methyl sites for hydroxylation is 1. The number of rotatable bonds is 3. The molecule has 4 rings (SSSR count). The summed E-state index contributed by atoms with van der Waals surface area (Å²) in [5.41, 5.74) is 3.10. The van der Waals surface area contributed by atoms with E-state index in [0.717, 1.165) is 50.4 Å². The molecule has 2 aliphatic rings. The zero-order valence-corrected chi connectivity index (χ0v) is 12.5. The van der Waals surface area contributed by atoms with Gasteiger partial charge < -0.3 is 4.52 Å². The average molecular weight is 297 g/mol. The number of nitriles is 1. The van der Waals surface area contributed by atoms with Crippen molar-refractivity contribution in [1.29, 1.82) is 5.26 Å². The fourth-order valence-electron chi connectivity index (χ4n) is 3.55. The molecule has 2 aromatic heterocycles. The molecule has 1 atom stereocenters. The van der Waals surface area contributed by atoms with Crippen LogP contribution in [0.4, 0.5) is 0 Å². The largest absolute Gasteiger partial charge is 0.361 e. The van der Waals surface area contributed by atoms with E-state index in [1.165, 1.54) is 18.4 Å². The first-order valence-corrected chi connectivity index (χ1v) is 7.96. The molecule has 1 fully saturated rings. The first kappa shape index (κ1) is 13.5. The maximum Gasteiger partial charge on any atom is 0.140 e. The van der Waals surface area contributed by atoms with Crippen LogP contribution in [0.25, 0.3) is 0 Å². The Kier molecular flexibility index (Phi) is 3.43. The molecule has 0 N–H and O–H groups in total. The van der Waals surface area contributed by atoms with Crippen molar-refractivity contribution in [3.63, 3.8) is 0 Å². The lowest BCUT2D eigenvalue weighted by molar-refractivity contribution is 0.296. The number of hydrogen-bond donors (Lipinski definition) is 0. The minimum atomic E-state index is 0.352. The third-order valence-corrected chi connectivity index (χ3v) is 4.76. The monoisotopic (exact) mass is 297 g/mol. The molecule has 1 saturated heterocycles. The highest BCUT2D eigenvalue weighted by atomic mass is 16.5. The summed E-state index contributed by atoms with van der Waals surface area (Å²) in [6, 6.07) is 2.48. The van der Waals surface area contributed by atoms with Crippen molar-refractivity contribution in [3.05, 3.63) is 35.0 Å². The Hall–Kier alpha value is -2.13. The van der Waals surface area contributed by atoms with Gasteiger partial charge >= 0.3 is 0 Å². The second-order valence-corrected chi connectivity index (χ2v) is 6.24. The van der Waals surface area contributed by atoms with Crippen molar-refractivity contribution >= 4 is 0 Å². The first-order valence-electron chi connectivity index (χ1n) is 7.96. The zero-order chi connectivity index (χ0) is 14.9. The van der Waals surface area contributed by atoms with Gasteiger partial charge in [-0.05, 0) is 25.7 Å². The van der Waals surface area contributed by atoms with Crippen LogP contribution in [0, 0.1) is 11.3 Å². The molecule has 0 spiro atoms. The van der Waals surface area contributed by atoms with Crippen molar-refractivity contribution in [1.82, 2.24) is 19.8 Å². The second-order valence-electron chi connectivity index (χ2n) is 6.24. The summed E-state index contributed by atoms with van der Waals surface area (Å²) in [5.74, 6) is 1.10. The second kappa shape index (κ2) is 5.58. The quantitative estimate of drug-likeness (QED) is 0.867. The lowest BCUT2D eigenvalue weighted by atomic mass is 9.96. The van der Waals surface area contributed by atoms with Crippen molar-refractivity contribution in [2.45, 2.75) is 44.7 Å². The standard InChI is InChI=1S/C16H19N5O/c17-7-12-8-18-21(9-12)13-5-6-20(10-13)11-15-14-3-1-2-4-16(14)22-19-15/h8-9,13H,1-6,10-11H2. The van der Waals surface area contributed by atoms with Crippen molar-refractivity contribution in [2.24, 2.45) is 0 Å². The minimum absolute atomic E-state index is 0.352. The van der Waals surface area contributed by atoms with Gasteiger partial charge in [0.1, 0.15) is 17.5 Å². The molecule has 1 unspecified atom stereocenters. The maximum atomic E-state index is 8.90. The molecule has 3 heterocycles. The van der Waals surface area contributed by atoms with E-state index in [9.17, 15) is 0 Å². The van der Waals surface area contributed by atoms with Crippen molar-refractivity contribution in [2.75, 3.05) is 13.1 Å². The molecule has 6 heteroatoms. The third-order valence-electron chi connectivity index (χ3n) is 4.76. The van der Waals surface area contributed by atoms with E-state index in [4.69, 9.17) is 9.78 Å². The SMILES string of the molecule is N#Cc1cnn(C2CCN(Cc3noc4c3CCCC4)C2)c1. The van der Waals surface area contributed by atoms with Crippen LogP contribution in [-0.2, 0) is 19.4 Å². The van der Waals surface area contributed by atoms with Gasteiger partial charge in [0.15, 0.2) is 0 Å². The predicted octanol–water partition coefficient (Wildman–Crippen LogP) is 2.07. The summed E-state index contributed by atoms with van der Waals surface area (Å²) in [5, 5.41) is 17.5. The topological polar surface area (TPSA) is 70.9 Å². The fourth-order valence-corrected chi connectivity index (χ4v) is 3.55. The fraction of sp³-hybridized carbons (Fsp3) is 0.562. The van der Waals surface area contributed by atoms with Crippen LogP contribution in [0.1, 0.15) is 47.9 Å². The Labute approximate surface area is 129 Å². The van der Waals surface area contributed by atoms with Gasteiger partial charge in [-0.3, -0.25) is 9.58 Å². The first-order chi connectivity index (χ1) is 10.8. The number of nitrogens with zero attached hydrogens (tertiary/aromatic N) is 5. The van der Waals surface area contributed by atoms with Gasteiger partial charge in [0, 0.05) is 37.8 Å². The van der Waals surface area contributed by atoms with E-state index < -0.39 is 0 Å². The normalized spacial score (nSPS) is 21.7. The lowest BCUT2D eigenvalue weighted by Gasteiger charge is -2.16. The Morgan fingerprint density at radius 2 is 2.27 bits per heavy atom. The zero-order valence-electron chi connectivity index (χ0n) is 12.5. The van der Waals surface area contributed by atoms with Gasteiger partial charge in [-0.2, -0.15) is 10.4 Å². The number of hydrogen-bond acceptors (Lipinski definition) is 5. The van der Waals surface area contributed by atoms with Gasteiger partial charge in [-0.15, -0.1) is 0 Å². The van der Waals surface area contributed by atoms with Gasteiger partial charge in [0.2, 0.25) is 0 Å². The molecule has 0 aromatic carbocycles. The minimum Gasteiger partial charge on any atom is -0.361 e. The van der Waals surface area contributed by atoms with Gasteiger partial charge in [0.05, 0.1) is 17.8 Å². The summed E-state index contributed by atoms with van der Waals surface area (Å²) in [4.78, 5) is 2.41. The average Bonchev–Trinajstić information content (AvgIpc) is 3.27. The van der Waals surface area contributed by atoms with E-state index in [2.05, 4.69) is 21.2 Å². The van der Waals surface area contributed by atoms with Crippen LogP contribution in [0.3, 0.4) is 0 Å². The molecule has 1 aliphatic heterocycles. The van der Waals surface area contributed by atoms with Crippen molar-refractivity contribution < 1.29 is 4.52 Å². The Morgan fingerprint density at radius 3 is 3.14 bits per heavy atom. The molecule has 114 valence electrons. The summed E-state index contributed by atoms with van der Waals surface area (Å²) in [6.07, 6.45) is 9.14. The van der Waals surface area contributed by atoms with E-state index >= 15 is 0 Å². The Bertz CT molecular complexity index is 710. The maximum absolute atomic E-state index is 8.90. The summed E-state index contributed by atoms with van der Waals surface area (Å²) >= 11 is 0. The molecule has 0 amide bonds. The smallest absolute Gasteiger partial charge is 0.140 e. The Morgan fingerprint density at radius 1 is 1.36 bits per heavy atom. The Balaban J connectivity index is 1.43. The highest BCUT2D eigenvalue weighted by Gasteiger charge is 2.27. The van der Waals surface area contributed by atoms with E-state index in [-0.39, 0.29) is 0 Å². The van der Waals surface area contributed by atoms with Gasteiger partial charge in [0.25, 0.3) is 0 Å². The lowest BCUT2D eigenvalue weighted by Crippen LogP contribution is -2.22. The van der Waals surface area contributed by atoms with Crippen molar-refractivity contribution in [3.8, 4) is 6.07 Å². The molecular formula is C16H19N5O.